The van der Waals surface area contributed by atoms with E-state index in [0.29, 0.717) is 21.0 Å². The summed E-state index contributed by atoms with van der Waals surface area (Å²) < 4.78 is 4.67. The molecule has 0 atom stereocenters. The second kappa shape index (κ2) is 7.59. The first-order valence-electron chi connectivity index (χ1n) is 7.48. The lowest BCUT2D eigenvalue weighted by Gasteiger charge is -2.05. The first-order chi connectivity index (χ1) is 12.1. The summed E-state index contributed by atoms with van der Waals surface area (Å²) in [6.45, 7) is 0. The molecule has 0 N–H and O–H groups in total. The van der Waals surface area contributed by atoms with Gasteiger partial charge in [-0.05, 0) is 41.3 Å². The summed E-state index contributed by atoms with van der Waals surface area (Å²) in [5, 5.41) is 2.45. The largest absolute Gasteiger partial charge is 0.469 e. The number of hydrogen-bond acceptors (Lipinski definition) is 5. The highest BCUT2D eigenvalue weighted by atomic mass is 35.5. The minimum absolute atomic E-state index is 0.0807. The Morgan fingerprint density at radius 2 is 1.88 bits per heavy atom. The van der Waals surface area contributed by atoms with Crippen LogP contribution in [0.15, 0.2) is 54.0 Å². The van der Waals surface area contributed by atoms with Crippen molar-refractivity contribution >= 4 is 34.7 Å². The van der Waals surface area contributed by atoms with Crippen LogP contribution >= 0.6 is 22.9 Å². The molecule has 0 amide bonds. The monoisotopic (exact) mass is 371 g/mol. The van der Waals surface area contributed by atoms with Gasteiger partial charge in [0, 0.05) is 22.3 Å². The van der Waals surface area contributed by atoms with Crippen molar-refractivity contribution in [1.29, 1.82) is 0 Å². The number of rotatable bonds is 5. The van der Waals surface area contributed by atoms with Crippen molar-refractivity contribution in [3.8, 4) is 11.3 Å². The van der Waals surface area contributed by atoms with E-state index in [2.05, 4.69) is 9.72 Å². The Labute approximate surface area is 154 Å². The van der Waals surface area contributed by atoms with Gasteiger partial charge in [-0.3, -0.25) is 14.6 Å². The van der Waals surface area contributed by atoms with E-state index in [1.54, 1.807) is 41.9 Å². The number of carbonyl (C=O) groups excluding carboxylic acids is 2. The number of thiophene rings is 1. The molecule has 2 heterocycles. The average Bonchev–Trinajstić information content (AvgIpc) is 3.10. The van der Waals surface area contributed by atoms with Crippen LogP contribution in [0, 0.1) is 0 Å². The molecule has 6 heteroatoms. The summed E-state index contributed by atoms with van der Waals surface area (Å²) in [4.78, 5) is 29.1. The quantitative estimate of drug-likeness (QED) is 0.492. The Balaban J connectivity index is 1.83. The van der Waals surface area contributed by atoms with Crippen molar-refractivity contribution in [2.24, 2.45) is 0 Å². The van der Waals surface area contributed by atoms with Gasteiger partial charge in [-0.2, -0.15) is 0 Å². The summed E-state index contributed by atoms with van der Waals surface area (Å²) in [5.74, 6) is -0.521. The van der Waals surface area contributed by atoms with Crippen molar-refractivity contribution < 1.29 is 14.3 Å². The summed E-state index contributed by atoms with van der Waals surface area (Å²) >= 11 is 7.19. The molecule has 0 saturated carbocycles. The van der Waals surface area contributed by atoms with Gasteiger partial charge in [-0.15, -0.1) is 11.3 Å². The zero-order valence-corrected chi connectivity index (χ0v) is 14.9. The number of nitrogens with zero attached hydrogens (tertiary/aromatic N) is 1. The highest BCUT2D eigenvalue weighted by molar-refractivity contribution is 7.12. The van der Waals surface area contributed by atoms with Gasteiger partial charge < -0.3 is 4.74 Å². The van der Waals surface area contributed by atoms with Crippen LogP contribution in [0.25, 0.3) is 11.3 Å². The van der Waals surface area contributed by atoms with Crippen LogP contribution < -0.4 is 0 Å². The van der Waals surface area contributed by atoms with E-state index in [4.69, 9.17) is 11.6 Å². The normalized spacial score (nSPS) is 10.5. The third-order valence-corrected chi connectivity index (χ3v) is 4.89. The fraction of sp³-hybridized carbons (Fsp3) is 0.105. The number of carbonyl (C=O) groups is 2. The smallest absolute Gasteiger partial charge is 0.310 e. The number of esters is 1. The predicted molar refractivity (Wildman–Crippen MR) is 98.2 cm³/mol. The Morgan fingerprint density at radius 1 is 1.12 bits per heavy atom. The molecule has 25 heavy (non-hydrogen) atoms. The molecule has 0 fully saturated rings. The van der Waals surface area contributed by atoms with Gasteiger partial charge in [0.05, 0.1) is 24.1 Å². The van der Waals surface area contributed by atoms with Gasteiger partial charge in [0.1, 0.15) is 0 Å². The highest BCUT2D eigenvalue weighted by Gasteiger charge is 2.18. The maximum absolute atomic E-state index is 12.7. The molecule has 1 aromatic carbocycles. The minimum atomic E-state index is -0.372. The molecule has 0 aliphatic heterocycles. The first kappa shape index (κ1) is 17.3. The Hall–Kier alpha value is -2.50. The second-order valence-electron chi connectivity index (χ2n) is 5.30. The van der Waals surface area contributed by atoms with Gasteiger partial charge >= 0.3 is 5.97 Å². The number of ether oxygens (including phenoxy) is 1. The molecule has 3 rings (SSSR count). The number of pyridine rings is 1. The van der Waals surface area contributed by atoms with Crippen LogP contribution in [0.5, 0.6) is 0 Å². The number of ketones is 1. The molecule has 2 aromatic heterocycles. The van der Waals surface area contributed by atoms with Crippen LogP contribution in [0.3, 0.4) is 0 Å². The maximum Gasteiger partial charge on any atom is 0.310 e. The molecule has 4 nitrogen and oxygen atoms in total. The van der Waals surface area contributed by atoms with Crippen LogP contribution in [0.4, 0.5) is 0 Å². The van der Waals surface area contributed by atoms with E-state index in [0.717, 1.165) is 11.3 Å². The molecule has 0 aliphatic carbocycles. The second-order valence-corrected chi connectivity index (χ2v) is 6.65. The molecular weight excluding hydrogens is 358 g/mol. The van der Waals surface area contributed by atoms with Crippen molar-refractivity contribution in [3.05, 3.63) is 75.1 Å². The van der Waals surface area contributed by atoms with Crippen LogP contribution in [-0.4, -0.2) is 23.8 Å². The lowest BCUT2D eigenvalue weighted by Crippen LogP contribution is -2.08. The van der Waals surface area contributed by atoms with E-state index in [1.165, 1.54) is 18.4 Å². The number of aromatic nitrogens is 1. The van der Waals surface area contributed by atoms with Crippen LogP contribution in [0.1, 0.15) is 20.8 Å². The zero-order valence-electron chi connectivity index (χ0n) is 13.4. The van der Waals surface area contributed by atoms with Gasteiger partial charge in [-0.25, -0.2) is 0 Å². The van der Waals surface area contributed by atoms with Crippen molar-refractivity contribution in [1.82, 2.24) is 4.98 Å². The topological polar surface area (TPSA) is 56.3 Å². The van der Waals surface area contributed by atoms with Crippen LogP contribution in [0.2, 0.25) is 5.02 Å². The number of methoxy groups -OCH3 is 1. The Morgan fingerprint density at radius 3 is 2.52 bits per heavy atom. The van der Waals surface area contributed by atoms with Crippen molar-refractivity contribution in [2.75, 3.05) is 7.11 Å². The first-order valence-corrected chi connectivity index (χ1v) is 8.74. The fourth-order valence-corrected chi connectivity index (χ4v) is 3.36. The van der Waals surface area contributed by atoms with Gasteiger partial charge in [0.2, 0.25) is 5.78 Å². The summed E-state index contributed by atoms with van der Waals surface area (Å²) in [6, 6.07) is 12.6. The van der Waals surface area contributed by atoms with E-state index in [-0.39, 0.29) is 18.2 Å². The fourth-order valence-electron chi connectivity index (χ4n) is 2.35. The molecule has 0 aliphatic rings. The Bertz CT molecular complexity index is 901. The van der Waals surface area contributed by atoms with Crippen molar-refractivity contribution in [2.45, 2.75) is 6.42 Å². The third kappa shape index (κ3) is 3.95. The SMILES string of the molecule is COC(=O)Cc1ccsc1C(=O)c1ccc(-c2ccc(Cl)cc2)nc1. The highest BCUT2D eigenvalue weighted by Crippen LogP contribution is 2.24. The van der Waals surface area contributed by atoms with E-state index in [9.17, 15) is 9.59 Å². The predicted octanol–water partition coefficient (Wildman–Crippen LogP) is 4.41. The van der Waals surface area contributed by atoms with E-state index >= 15 is 0 Å². The van der Waals surface area contributed by atoms with Gasteiger partial charge in [0.25, 0.3) is 0 Å². The zero-order chi connectivity index (χ0) is 17.8. The summed E-state index contributed by atoms with van der Waals surface area (Å²) in [6.07, 6.45) is 1.63. The standard InChI is InChI=1S/C19H14ClNO3S/c1-24-17(22)10-13-8-9-25-19(13)18(23)14-4-7-16(21-11-14)12-2-5-15(20)6-3-12/h2-9,11H,10H2,1H3. The maximum atomic E-state index is 12.7. The lowest BCUT2D eigenvalue weighted by molar-refractivity contribution is -0.139. The molecule has 0 unspecified atom stereocenters. The molecule has 0 spiro atoms. The molecule has 0 bridgehead atoms. The number of halogens is 1. The number of hydrogen-bond donors (Lipinski definition) is 0. The minimum Gasteiger partial charge on any atom is -0.469 e. The molecular formula is C19H14ClNO3S. The average molecular weight is 372 g/mol. The van der Waals surface area contributed by atoms with Gasteiger partial charge in [0.15, 0.2) is 0 Å². The van der Waals surface area contributed by atoms with E-state index in [1.807, 2.05) is 12.1 Å². The lowest BCUT2D eigenvalue weighted by atomic mass is 10.1. The molecule has 126 valence electrons. The van der Waals surface area contributed by atoms with Gasteiger partial charge in [-0.1, -0.05) is 23.7 Å². The molecule has 0 radical (unpaired) electrons. The van der Waals surface area contributed by atoms with Crippen molar-refractivity contribution in [3.63, 3.8) is 0 Å². The third-order valence-electron chi connectivity index (χ3n) is 3.68. The Kier molecular flexibility index (Phi) is 5.26. The van der Waals surface area contributed by atoms with Crippen LogP contribution in [-0.2, 0) is 16.0 Å². The van der Waals surface area contributed by atoms with E-state index < -0.39 is 0 Å². The number of benzene rings is 1. The summed E-state index contributed by atoms with van der Waals surface area (Å²) in [7, 11) is 1.33. The molecule has 3 aromatic rings. The summed E-state index contributed by atoms with van der Waals surface area (Å²) in [5.41, 5.74) is 2.83. The molecule has 0 saturated heterocycles.